The standard InChI is InChI=1S/C12H20N2/c1-13-12(11-8-5-9-14-11)10-6-3-2-4-7-10/h5,8-10,12-14H,2-4,6-7H2,1H3. The molecule has 2 heteroatoms. The van der Waals surface area contributed by atoms with Gasteiger partial charge in [-0.15, -0.1) is 0 Å². The zero-order chi connectivity index (χ0) is 9.80. The lowest BCUT2D eigenvalue weighted by Gasteiger charge is -2.29. The number of hydrogen-bond donors (Lipinski definition) is 2. The van der Waals surface area contributed by atoms with Gasteiger partial charge in [0.1, 0.15) is 0 Å². The number of H-pyrrole nitrogens is 1. The molecule has 1 heterocycles. The Morgan fingerprint density at radius 1 is 1.36 bits per heavy atom. The molecule has 0 bridgehead atoms. The third-order valence-electron chi connectivity index (χ3n) is 3.39. The van der Waals surface area contributed by atoms with Crippen molar-refractivity contribution >= 4 is 0 Å². The number of aromatic nitrogens is 1. The summed E-state index contributed by atoms with van der Waals surface area (Å²) in [6, 6.07) is 4.81. The Balaban J connectivity index is 2.04. The molecular weight excluding hydrogens is 172 g/mol. The molecule has 1 fully saturated rings. The fourth-order valence-corrected chi connectivity index (χ4v) is 2.65. The Morgan fingerprint density at radius 2 is 2.14 bits per heavy atom. The highest BCUT2D eigenvalue weighted by molar-refractivity contribution is 5.10. The lowest BCUT2D eigenvalue weighted by molar-refractivity contribution is 0.278. The molecule has 2 rings (SSSR count). The van der Waals surface area contributed by atoms with E-state index in [1.165, 1.54) is 37.8 Å². The fraction of sp³-hybridized carbons (Fsp3) is 0.667. The summed E-state index contributed by atoms with van der Waals surface area (Å²) >= 11 is 0. The molecule has 1 aliphatic rings. The fourth-order valence-electron chi connectivity index (χ4n) is 2.65. The van der Waals surface area contributed by atoms with Gasteiger partial charge in [-0.3, -0.25) is 0 Å². The van der Waals surface area contributed by atoms with Crippen LogP contribution < -0.4 is 5.32 Å². The van der Waals surface area contributed by atoms with Crippen molar-refractivity contribution in [2.45, 2.75) is 38.1 Å². The highest BCUT2D eigenvalue weighted by Crippen LogP contribution is 2.33. The monoisotopic (exact) mass is 192 g/mol. The van der Waals surface area contributed by atoms with Crippen LogP contribution in [0.15, 0.2) is 18.3 Å². The second kappa shape index (κ2) is 4.65. The van der Waals surface area contributed by atoms with Gasteiger partial charge in [0.2, 0.25) is 0 Å². The summed E-state index contributed by atoms with van der Waals surface area (Å²) in [4.78, 5) is 3.32. The second-order valence-electron chi connectivity index (χ2n) is 4.29. The minimum atomic E-state index is 0.533. The maximum Gasteiger partial charge on any atom is 0.0498 e. The van der Waals surface area contributed by atoms with E-state index in [2.05, 4.69) is 29.5 Å². The van der Waals surface area contributed by atoms with Crippen molar-refractivity contribution < 1.29 is 0 Å². The zero-order valence-corrected chi connectivity index (χ0v) is 8.92. The van der Waals surface area contributed by atoms with Crippen LogP contribution in [0.25, 0.3) is 0 Å². The van der Waals surface area contributed by atoms with Crippen LogP contribution in [0.5, 0.6) is 0 Å². The summed E-state index contributed by atoms with van der Waals surface area (Å²) in [5.41, 5.74) is 1.35. The maximum absolute atomic E-state index is 3.44. The minimum absolute atomic E-state index is 0.533. The third kappa shape index (κ3) is 2.01. The minimum Gasteiger partial charge on any atom is -0.364 e. The van der Waals surface area contributed by atoms with E-state index in [1.54, 1.807) is 0 Å². The summed E-state index contributed by atoms with van der Waals surface area (Å²) in [6.45, 7) is 0. The first-order chi connectivity index (χ1) is 6.92. The van der Waals surface area contributed by atoms with E-state index in [9.17, 15) is 0 Å². The Morgan fingerprint density at radius 3 is 2.71 bits per heavy atom. The van der Waals surface area contributed by atoms with Gasteiger partial charge in [0.25, 0.3) is 0 Å². The van der Waals surface area contributed by atoms with Crippen LogP contribution in [-0.2, 0) is 0 Å². The van der Waals surface area contributed by atoms with Gasteiger partial charge >= 0.3 is 0 Å². The molecule has 0 spiro atoms. The number of rotatable bonds is 3. The number of hydrogen-bond acceptors (Lipinski definition) is 1. The van der Waals surface area contributed by atoms with Gasteiger partial charge < -0.3 is 10.3 Å². The molecular formula is C12H20N2. The molecule has 1 unspecified atom stereocenters. The predicted octanol–water partition coefficient (Wildman–Crippen LogP) is 2.86. The first-order valence-corrected chi connectivity index (χ1v) is 5.72. The van der Waals surface area contributed by atoms with Crippen LogP contribution in [0.3, 0.4) is 0 Å². The van der Waals surface area contributed by atoms with Crippen LogP contribution in [0.2, 0.25) is 0 Å². The topological polar surface area (TPSA) is 27.8 Å². The molecule has 1 aromatic rings. The molecule has 14 heavy (non-hydrogen) atoms. The molecule has 0 aliphatic heterocycles. The smallest absolute Gasteiger partial charge is 0.0498 e. The van der Waals surface area contributed by atoms with Crippen molar-refractivity contribution in [1.29, 1.82) is 0 Å². The van der Waals surface area contributed by atoms with Gasteiger partial charge in [-0.1, -0.05) is 19.3 Å². The van der Waals surface area contributed by atoms with Crippen molar-refractivity contribution in [2.75, 3.05) is 7.05 Å². The van der Waals surface area contributed by atoms with Gasteiger partial charge in [-0.25, -0.2) is 0 Å². The van der Waals surface area contributed by atoms with Gasteiger partial charge in [0, 0.05) is 17.9 Å². The first kappa shape index (κ1) is 9.78. The summed E-state index contributed by atoms with van der Waals surface area (Å²) in [5, 5.41) is 3.44. The van der Waals surface area contributed by atoms with Crippen LogP contribution in [-0.4, -0.2) is 12.0 Å². The van der Waals surface area contributed by atoms with Crippen LogP contribution >= 0.6 is 0 Å². The molecule has 0 aromatic carbocycles. The summed E-state index contributed by atoms with van der Waals surface area (Å²) in [6.07, 6.45) is 9.02. The van der Waals surface area contributed by atoms with Crippen molar-refractivity contribution in [1.82, 2.24) is 10.3 Å². The zero-order valence-electron chi connectivity index (χ0n) is 8.92. The molecule has 2 N–H and O–H groups in total. The molecule has 0 saturated heterocycles. The highest BCUT2D eigenvalue weighted by atomic mass is 14.9. The largest absolute Gasteiger partial charge is 0.364 e. The molecule has 2 nitrogen and oxygen atoms in total. The van der Waals surface area contributed by atoms with Crippen LogP contribution in [0, 0.1) is 5.92 Å². The second-order valence-corrected chi connectivity index (χ2v) is 4.29. The summed E-state index contributed by atoms with van der Waals surface area (Å²) in [7, 11) is 2.07. The van der Waals surface area contributed by atoms with E-state index < -0.39 is 0 Å². The van der Waals surface area contributed by atoms with E-state index in [0.29, 0.717) is 6.04 Å². The highest BCUT2D eigenvalue weighted by Gasteiger charge is 2.23. The normalized spacial score (nSPS) is 20.9. The Hall–Kier alpha value is -0.760. The molecule has 1 saturated carbocycles. The van der Waals surface area contributed by atoms with Gasteiger partial charge in [0.15, 0.2) is 0 Å². The molecule has 78 valence electrons. The van der Waals surface area contributed by atoms with E-state index in [-0.39, 0.29) is 0 Å². The van der Waals surface area contributed by atoms with E-state index in [1.807, 2.05) is 6.20 Å². The maximum atomic E-state index is 3.44. The van der Waals surface area contributed by atoms with Gasteiger partial charge in [-0.05, 0) is 37.9 Å². The quantitative estimate of drug-likeness (QED) is 0.757. The van der Waals surface area contributed by atoms with Crippen LogP contribution in [0.4, 0.5) is 0 Å². The van der Waals surface area contributed by atoms with Gasteiger partial charge in [-0.2, -0.15) is 0 Å². The molecule has 1 atom stereocenters. The van der Waals surface area contributed by atoms with Gasteiger partial charge in [0.05, 0.1) is 0 Å². The Bertz CT molecular complexity index is 247. The average molecular weight is 192 g/mol. The predicted molar refractivity (Wildman–Crippen MR) is 59.2 cm³/mol. The molecule has 1 aliphatic carbocycles. The average Bonchev–Trinajstić information content (AvgIpc) is 2.74. The lowest BCUT2D eigenvalue weighted by atomic mass is 9.83. The summed E-state index contributed by atoms with van der Waals surface area (Å²) in [5.74, 6) is 0.826. The Kier molecular flexibility index (Phi) is 3.25. The number of nitrogens with one attached hydrogen (secondary N) is 2. The SMILES string of the molecule is CNC(c1ccc[nH]1)C1CCCCC1. The first-order valence-electron chi connectivity index (χ1n) is 5.72. The van der Waals surface area contributed by atoms with Crippen LogP contribution in [0.1, 0.15) is 43.8 Å². The van der Waals surface area contributed by atoms with E-state index in [0.717, 1.165) is 5.92 Å². The van der Waals surface area contributed by atoms with Crippen molar-refractivity contribution in [3.63, 3.8) is 0 Å². The third-order valence-corrected chi connectivity index (χ3v) is 3.39. The molecule has 1 aromatic heterocycles. The Labute approximate surface area is 86.1 Å². The van der Waals surface area contributed by atoms with Crippen molar-refractivity contribution in [3.05, 3.63) is 24.0 Å². The summed E-state index contributed by atoms with van der Waals surface area (Å²) < 4.78 is 0. The molecule has 0 amide bonds. The molecule has 0 radical (unpaired) electrons. The van der Waals surface area contributed by atoms with E-state index in [4.69, 9.17) is 0 Å². The number of aromatic amines is 1. The lowest BCUT2D eigenvalue weighted by Crippen LogP contribution is -2.27. The van der Waals surface area contributed by atoms with Crippen molar-refractivity contribution in [3.8, 4) is 0 Å². The van der Waals surface area contributed by atoms with Crippen molar-refractivity contribution in [2.24, 2.45) is 5.92 Å². The van der Waals surface area contributed by atoms with E-state index >= 15 is 0 Å².